The summed E-state index contributed by atoms with van der Waals surface area (Å²) in [7, 11) is 0. The van der Waals surface area contributed by atoms with E-state index in [-0.39, 0.29) is 17.0 Å². The van der Waals surface area contributed by atoms with Gasteiger partial charge in [0, 0.05) is 23.9 Å². The molecule has 9 heteroatoms. The lowest BCUT2D eigenvalue weighted by Crippen LogP contribution is -2.14. The molecule has 0 aliphatic carbocycles. The highest BCUT2D eigenvalue weighted by atomic mass is 16.6. The zero-order valence-electron chi connectivity index (χ0n) is 14.6. The van der Waals surface area contributed by atoms with Gasteiger partial charge < -0.3 is 9.84 Å². The first-order chi connectivity index (χ1) is 13.5. The van der Waals surface area contributed by atoms with Crippen molar-refractivity contribution in [3.8, 4) is 11.3 Å². The fraction of sp³-hybridized carbons (Fsp3) is 0.0526. The summed E-state index contributed by atoms with van der Waals surface area (Å²) < 4.78 is 5.24. The molecule has 0 saturated heterocycles. The molecule has 28 heavy (non-hydrogen) atoms. The lowest BCUT2D eigenvalue weighted by atomic mass is 10.0. The second-order valence-corrected chi connectivity index (χ2v) is 5.98. The van der Waals surface area contributed by atoms with Crippen LogP contribution in [-0.2, 0) is 0 Å². The minimum atomic E-state index is -0.491. The molecular formula is C19H13N5O4. The number of nitro groups is 1. The number of nitro benzene ring substituents is 1. The third-order valence-electron chi connectivity index (χ3n) is 4.12. The third kappa shape index (κ3) is 3.16. The number of hydrogen-bond donors (Lipinski definition) is 1. The molecule has 3 heterocycles. The number of amides is 1. The molecular weight excluding hydrogens is 362 g/mol. The lowest BCUT2D eigenvalue weighted by molar-refractivity contribution is -0.384. The number of benzene rings is 1. The van der Waals surface area contributed by atoms with Crippen LogP contribution in [0.1, 0.15) is 16.1 Å². The van der Waals surface area contributed by atoms with Crippen molar-refractivity contribution >= 4 is 28.5 Å². The van der Waals surface area contributed by atoms with E-state index in [9.17, 15) is 14.9 Å². The minimum absolute atomic E-state index is 0.0763. The Labute approximate surface area is 158 Å². The molecule has 0 atom stereocenters. The molecule has 1 amide bonds. The lowest BCUT2D eigenvalue weighted by Gasteiger charge is -2.08. The predicted molar refractivity (Wildman–Crippen MR) is 101 cm³/mol. The number of nitrogens with zero attached hydrogens (tertiary/aromatic N) is 4. The van der Waals surface area contributed by atoms with Gasteiger partial charge in [0.25, 0.3) is 17.3 Å². The van der Waals surface area contributed by atoms with Crippen molar-refractivity contribution in [2.45, 2.75) is 6.92 Å². The summed E-state index contributed by atoms with van der Waals surface area (Å²) in [6, 6.07) is 12.7. The number of hydrogen-bond acceptors (Lipinski definition) is 7. The van der Waals surface area contributed by atoms with Crippen LogP contribution in [-0.4, -0.2) is 26.0 Å². The summed E-state index contributed by atoms with van der Waals surface area (Å²) in [5, 5.41) is 18.1. The van der Waals surface area contributed by atoms with Crippen molar-refractivity contribution in [1.29, 1.82) is 0 Å². The first kappa shape index (κ1) is 17.3. The van der Waals surface area contributed by atoms with Crippen LogP contribution < -0.4 is 5.32 Å². The van der Waals surface area contributed by atoms with Crippen molar-refractivity contribution < 1.29 is 14.2 Å². The maximum Gasteiger partial charge on any atom is 0.270 e. The number of anilines is 1. The Morgan fingerprint density at radius 1 is 1.18 bits per heavy atom. The quantitative estimate of drug-likeness (QED) is 0.425. The molecule has 0 radical (unpaired) electrons. The van der Waals surface area contributed by atoms with Gasteiger partial charge in [0.15, 0.2) is 0 Å². The van der Waals surface area contributed by atoms with Crippen LogP contribution in [0.15, 0.2) is 59.3 Å². The van der Waals surface area contributed by atoms with Gasteiger partial charge in [0.2, 0.25) is 0 Å². The van der Waals surface area contributed by atoms with E-state index < -0.39 is 10.8 Å². The maximum atomic E-state index is 12.9. The Bertz CT molecular complexity index is 1200. The van der Waals surface area contributed by atoms with Crippen molar-refractivity contribution in [1.82, 2.24) is 15.1 Å². The van der Waals surface area contributed by atoms with E-state index in [2.05, 4.69) is 20.4 Å². The number of carbonyl (C=O) groups excluding carboxylic acids is 1. The van der Waals surface area contributed by atoms with Crippen LogP contribution in [0.4, 0.5) is 11.5 Å². The van der Waals surface area contributed by atoms with Crippen LogP contribution in [0.3, 0.4) is 0 Å². The first-order valence-electron chi connectivity index (χ1n) is 8.27. The normalized spacial score (nSPS) is 10.8. The first-order valence-corrected chi connectivity index (χ1v) is 8.27. The molecule has 0 aliphatic heterocycles. The van der Waals surface area contributed by atoms with Gasteiger partial charge in [-0.15, -0.1) is 0 Å². The zero-order valence-corrected chi connectivity index (χ0v) is 14.6. The van der Waals surface area contributed by atoms with Crippen LogP contribution in [0.2, 0.25) is 0 Å². The topological polar surface area (TPSA) is 124 Å². The molecule has 9 nitrogen and oxygen atoms in total. The summed E-state index contributed by atoms with van der Waals surface area (Å²) in [6.45, 7) is 1.71. The van der Waals surface area contributed by atoms with Gasteiger partial charge in [0.1, 0.15) is 5.82 Å². The summed E-state index contributed by atoms with van der Waals surface area (Å²) in [5.41, 5.74) is 1.74. The van der Waals surface area contributed by atoms with Gasteiger partial charge >= 0.3 is 0 Å². The van der Waals surface area contributed by atoms with Gasteiger partial charge in [0.05, 0.1) is 27.3 Å². The second kappa shape index (κ2) is 6.88. The zero-order chi connectivity index (χ0) is 19.7. The minimum Gasteiger partial charge on any atom is -0.335 e. The van der Waals surface area contributed by atoms with Crippen LogP contribution in [0, 0.1) is 17.0 Å². The SMILES string of the molecule is Cc1noc2nc(-c3cccc([N+](=O)[O-])c3)cc(C(=O)Nc3ccccn3)c12. The Kier molecular flexibility index (Phi) is 4.24. The summed E-state index contributed by atoms with van der Waals surface area (Å²) in [6.07, 6.45) is 1.57. The van der Waals surface area contributed by atoms with E-state index in [1.165, 1.54) is 12.1 Å². The summed E-state index contributed by atoms with van der Waals surface area (Å²) in [4.78, 5) is 31.9. The molecule has 3 aromatic heterocycles. The number of non-ortho nitro benzene ring substituents is 1. The second-order valence-electron chi connectivity index (χ2n) is 5.98. The Morgan fingerprint density at radius 3 is 2.79 bits per heavy atom. The highest BCUT2D eigenvalue weighted by Crippen LogP contribution is 2.29. The van der Waals surface area contributed by atoms with Gasteiger partial charge in [-0.2, -0.15) is 0 Å². The van der Waals surface area contributed by atoms with Crippen molar-refractivity contribution in [3.05, 3.63) is 76.1 Å². The monoisotopic (exact) mass is 375 g/mol. The van der Waals surface area contributed by atoms with Gasteiger partial charge in [-0.3, -0.25) is 14.9 Å². The Hall–Kier alpha value is -4.14. The van der Waals surface area contributed by atoms with Gasteiger partial charge in [-0.05, 0) is 25.1 Å². The number of aromatic nitrogens is 3. The highest BCUT2D eigenvalue weighted by Gasteiger charge is 2.20. The van der Waals surface area contributed by atoms with E-state index >= 15 is 0 Å². The molecule has 0 bridgehead atoms. The Balaban J connectivity index is 1.83. The summed E-state index contributed by atoms with van der Waals surface area (Å²) >= 11 is 0. The van der Waals surface area contributed by atoms with E-state index in [0.717, 1.165) is 0 Å². The van der Waals surface area contributed by atoms with E-state index in [0.29, 0.717) is 28.2 Å². The molecule has 0 fully saturated rings. The molecule has 0 saturated carbocycles. The number of aryl methyl sites for hydroxylation is 1. The van der Waals surface area contributed by atoms with Crippen molar-refractivity contribution in [2.75, 3.05) is 5.32 Å². The Morgan fingerprint density at radius 2 is 2.04 bits per heavy atom. The number of rotatable bonds is 4. The van der Waals surface area contributed by atoms with Gasteiger partial charge in [-0.1, -0.05) is 23.4 Å². The average Bonchev–Trinajstić information content (AvgIpc) is 3.09. The van der Waals surface area contributed by atoms with Crippen molar-refractivity contribution in [3.63, 3.8) is 0 Å². The number of fused-ring (bicyclic) bond motifs is 1. The average molecular weight is 375 g/mol. The fourth-order valence-electron chi connectivity index (χ4n) is 2.82. The molecule has 0 aliphatic rings. The van der Waals surface area contributed by atoms with Crippen LogP contribution in [0.5, 0.6) is 0 Å². The molecule has 0 unspecified atom stereocenters. The molecule has 1 N–H and O–H groups in total. The van der Waals surface area contributed by atoms with E-state index in [1.807, 2.05) is 0 Å². The smallest absolute Gasteiger partial charge is 0.270 e. The molecule has 4 aromatic rings. The van der Waals surface area contributed by atoms with Crippen molar-refractivity contribution in [2.24, 2.45) is 0 Å². The predicted octanol–water partition coefficient (Wildman–Crippen LogP) is 3.75. The standard InChI is InChI=1S/C19H13N5O4/c1-11-17-14(18(25)22-16-7-2-3-8-20-16)10-15(21-19(17)28-23-11)12-5-4-6-13(9-12)24(26)27/h2-10H,1H3,(H,20,22,25). The molecule has 138 valence electrons. The van der Waals surface area contributed by atoms with E-state index in [4.69, 9.17) is 4.52 Å². The van der Waals surface area contributed by atoms with Crippen LogP contribution >= 0.6 is 0 Å². The van der Waals surface area contributed by atoms with Crippen LogP contribution in [0.25, 0.3) is 22.4 Å². The highest BCUT2D eigenvalue weighted by molar-refractivity contribution is 6.12. The number of nitrogens with one attached hydrogen (secondary N) is 1. The molecule has 4 rings (SSSR count). The van der Waals surface area contributed by atoms with E-state index in [1.54, 1.807) is 49.5 Å². The molecule has 1 aromatic carbocycles. The largest absolute Gasteiger partial charge is 0.335 e. The van der Waals surface area contributed by atoms with Gasteiger partial charge in [-0.25, -0.2) is 9.97 Å². The number of pyridine rings is 2. The number of carbonyl (C=O) groups is 1. The molecule has 0 spiro atoms. The maximum absolute atomic E-state index is 12.9. The summed E-state index contributed by atoms with van der Waals surface area (Å²) in [5.74, 6) is -0.0208. The third-order valence-corrected chi connectivity index (χ3v) is 4.12. The fourth-order valence-corrected chi connectivity index (χ4v) is 2.82.